The Bertz CT molecular complexity index is 594. The molecule has 0 unspecified atom stereocenters. The summed E-state index contributed by atoms with van der Waals surface area (Å²) in [6.07, 6.45) is 1.82. The van der Waals surface area contributed by atoms with Crippen LogP contribution in [0.4, 0.5) is 0 Å². The number of aliphatic carboxylic acids is 1. The number of aromatic nitrogens is 3. The van der Waals surface area contributed by atoms with E-state index in [9.17, 15) is 4.79 Å². The van der Waals surface area contributed by atoms with Gasteiger partial charge in [-0.3, -0.25) is 9.48 Å². The summed E-state index contributed by atoms with van der Waals surface area (Å²) in [6, 6.07) is 8.22. The van der Waals surface area contributed by atoms with Crippen molar-refractivity contribution in [1.29, 1.82) is 0 Å². The predicted octanol–water partition coefficient (Wildman–Crippen LogP) is 2.72. The highest BCUT2D eigenvalue weighted by atomic mass is 16.4. The third-order valence-electron chi connectivity index (χ3n) is 3.14. The number of nitrogens with zero attached hydrogens (tertiary/aromatic N) is 3. The number of hydrogen-bond donors (Lipinski definition) is 1. The van der Waals surface area contributed by atoms with Crippen molar-refractivity contribution >= 4 is 5.97 Å². The molecule has 0 aliphatic heterocycles. The molecule has 0 saturated heterocycles. The molecule has 1 aromatic carbocycles. The van der Waals surface area contributed by atoms with Crippen LogP contribution in [0.15, 0.2) is 30.5 Å². The Balaban J connectivity index is 2.14. The second-order valence-corrected chi connectivity index (χ2v) is 5.84. The lowest BCUT2D eigenvalue weighted by Crippen LogP contribution is -2.10. The van der Waals surface area contributed by atoms with Crippen LogP contribution >= 0.6 is 0 Å². The molecule has 1 aromatic heterocycles. The Morgan fingerprint density at radius 3 is 2.45 bits per heavy atom. The summed E-state index contributed by atoms with van der Waals surface area (Å²) < 4.78 is 1.56. The monoisotopic (exact) mass is 273 g/mol. The summed E-state index contributed by atoms with van der Waals surface area (Å²) in [5, 5.41) is 16.7. The van der Waals surface area contributed by atoms with Gasteiger partial charge < -0.3 is 5.11 Å². The lowest BCUT2D eigenvalue weighted by Gasteiger charge is -2.18. The maximum absolute atomic E-state index is 10.5. The van der Waals surface area contributed by atoms with Crippen LogP contribution in [-0.2, 0) is 16.8 Å². The average molecular weight is 273 g/mol. The van der Waals surface area contributed by atoms with Gasteiger partial charge in [0.2, 0.25) is 0 Å². The zero-order chi connectivity index (χ0) is 14.8. The molecule has 0 amide bonds. The molecule has 0 radical (unpaired) electrons. The fraction of sp³-hybridized carbons (Fsp3) is 0.400. The molecule has 0 fully saturated rings. The van der Waals surface area contributed by atoms with Crippen LogP contribution in [0.5, 0.6) is 0 Å². The van der Waals surface area contributed by atoms with Crippen molar-refractivity contribution in [2.75, 3.05) is 0 Å². The third kappa shape index (κ3) is 3.44. The zero-order valence-electron chi connectivity index (χ0n) is 12.0. The summed E-state index contributed by atoms with van der Waals surface area (Å²) in [4.78, 5) is 10.5. The van der Waals surface area contributed by atoms with Crippen molar-refractivity contribution in [1.82, 2.24) is 15.0 Å². The van der Waals surface area contributed by atoms with Crippen LogP contribution in [0.25, 0.3) is 11.3 Å². The predicted molar refractivity (Wildman–Crippen MR) is 76.4 cm³/mol. The minimum absolute atomic E-state index is 0.0474. The molecule has 0 bridgehead atoms. The summed E-state index contributed by atoms with van der Waals surface area (Å²) in [6.45, 7) is 6.85. The summed E-state index contributed by atoms with van der Waals surface area (Å²) in [5.41, 5.74) is 3.13. The van der Waals surface area contributed by atoms with Gasteiger partial charge in [0.1, 0.15) is 5.69 Å². The summed E-state index contributed by atoms with van der Waals surface area (Å²) in [5.74, 6) is -0.836. The molecule has 20 heavy (non-hydrogen) atoms. The van der Waals surface area contributed by atoms with Crippen LogP contribution in [0.2, 0.25) is 0 Å². The van der Waals surface area contributed by atoms with Crippen LogP contribution in [0.1, 0.15) is 32.8 Å². The fourth-order valence-electron chi connectivity index (χ4n) is 1.89. The molecule has 0 spiro atoms. The lowest BCUT2D eigenvalue weighted by molar-refractivity contribution is -0.137. The minimum Gasteiger partial charge on any atom is -0.481 e. The maximum Gasteiger partial charge on any atom is 0.305 e. The Morgan fingerprint density at radius 1 is 1.25 bits per heavy atom. The van der Waals surface area contributed by atoms with E-state index in [4.69, 9.17) is 5.11 Å². The molecule has 0 aliphatic carbocycles. The molecule has 0 aliphatic rings. The Labute approximate surface area is 118 Å². The van der Waals surface area contributed by atoms with E-state index in [-0.39, 0.29) is 11.8 Å². The number of benzene rings is 1. The second-order valence-electron chi connectivity index (χ2n) is 5.84. The smallest absolute Gasteiger partial charge is 0.305 e. The molecule has 5 nitrogen and oxygen atoms in total. The number of carboxylic acids is 1. The number of rotatable bonds is 4. The molecular formula is C15H19N3O2. The second kappa shape index (κ2) is 5.45. The zero-order valence-corrected chi connectivity index (χ0v) is 12.0. The first kappa shape index (κ1) is 14.2. The first-order valence-electron chi connectivity index (χ1n) is 6.59. The Kier molecular flexibility index (Phi) is 3.88. The number of aryl methyl sites for hydroxylation is 1. The minimum atomic E-state index is -0.836. The van der Waals surface area contributed by atoms with Gasteiger partial charge >= 0.3 is 5.97 Å². The van der Waals surface area contributed by atoms with Crippen molar-refractivity contribution in [2.24, 2.45) is 0 Å². The largest absolute Gasteiger partial charge is 0.481 e. The average Bonchev–Trinajstić information content (AvgIpc) is 2.84. The van der Waals surface area contributed by atoms with Gasteiger partial charge in [0.15, 0.2) is 0 Å². The number of carbonyl (C=O) groups is 1. The van der Waals surface area contributed by atoms with E-state index in [0.717, 1.165) is 11.3 Å². The molecule has 2 rings (SSSR count). The Hall–Kier alpha value is -2.17. The summed E-state index contributed by atoms with van der Waals surface area (Å²) in [7, 11) is 0. The van der Waals surface area contributed by atoms with Gasteiger partial charge in [0, 0.05) is 5.56 Å². The first-order chi connectivity index (χ1) is 9.36. The van der Waals surface area contributed by atoms with Gasteiger partial charge in [-0.05, 0) is 11.0 Å². The van der Waals surface area contributed by atoms with Gasteiger partial charge in [0.05, 0.1) is 19.2 Å². The van der Waals surface area contributed by atoms with Gasteiger partial charge in [-0.25, -0.2) is 0 Å². The van der Waals surface area contributed by atoms with Crippen LogP contribution in [0, 0.1) is 0 Å². The molecule has 2 aromatic rings. The van der Waals surface area contributed by atoms with Crippen molar-refractivity contribution in [3.8, 4) is 11.3 Å². The van der Waals surface area contributed by atoms with Crippen molar-refractivity contribution in [2.45, 2.75) is 39.2 Å². The topological polar surface area (TPSA) is 68.0 Å². The molecule has 5 heteroatoms. The van der Waals surface area contributed by atoms with Crippen molar-refractivity contribution < 1.29 is 9.90 Å². The fourth-order valence-corrected chi connectivity index (χ4v) is 1.89. The molecule has 1 heterocycles. The quantitative estimate of drug-likeness (QED) is 0.930. The SMILES string of the molecule is CC(C)(C)c1ccc(-c2cn(CCC(=O)O)nn2)cc1. The van der Waals surface area contributed by atoms with E-state index in [1.807, 2.05) is 12.1 Å². The van der Waals surface area contributed by atoms with E-state index in [1.165, 1.54) is 5.56 Å². The third-order valence-corrected chi connectivity index (χ3v) is 3.14. The molecule has 0 saturated carbocycles. The highest BCUT2D eigenvalue weighted by Crippen LogP contribution is 2.25. The van der Waals surface area contributed by atoms with Gasteiger partial charge in [-0.15, -0.1) is 5.10 Å². The first-order valence-corrected chi connectivity index (χ1v) is 6.59. The van der Waals surface area contributed by atoms with Crippen molar-refractivity contribution in [3.63, 3.8) is 0 Å². The van der Waals surface area contributed by atoms with Crippen LogP contribution in [-0.4, -0.2) is 26.1 Å². The highest BCUT2D eigenvalue weighted by Gasteiger charge is 2.13. The highest BCUT2D eigenvalue weighted by molar-refractivity contribution is 5.66. The van der Waals surface area contributed by atoms with Gasteiger partial charge in [0.25, 0.3) is 0 Å². The number of hydrogen-bond acceptors (Lipinski definition) is 3. The standard InChI is InChI=1S/C15H19N3O2/c1-15(2,3)12-6-4-11(5-7-12)13-10-18(17-16-13)9-8-14(19)20/h4-7,10H,8-9H2,1-3H3,(H,19,20). The van der Waals surface area contributed by atoms with Gasteiger partial charge in [-0.2, -0.15) is 0 Å². The summed E-state index contributed by atoms with van der Waals surface area (Å²) >= 11 is 0. The normalized spacial score (nSPS) is 11.6. The van der Waals surface area contributed by atoms with E-state index >= 15 is 0 Å². The van der Waals surface area contributed by atoms with Crippen LogP contribution < -0.4 is 0 Å². The molecule has 0 atom stereocenters. The Morgan fingerprint density at radius 2 is 1.90 bits per heavy atom. The van der Waals surface area contributed by atoms with E-state index in [0.29, 0.717) is 6.54 Å². The van der Waals surface area contributed by atoms with E-state index in [1.54, 1.807) is 10.9 Å². The molecular weight excluding hydrogens is 254 g/mol. The van der Waals surface area contributed by atoms with Crippen molar-refractivity contribution in [3.05, 3.63) is 36.0 Å². The molecule has 106 valence electrons. The van der Waals surface area contributed by atoms with Crippen LogP contribution in [0.3, 0.4) is 0 Å². The molecule has 1 N–H and O–H groups in total. The van der Waals surface area contributed by atoms with E-state index in [2.05, 4.69) is 43.2 Å². The van der Waals surface area contributed by atoms with E-state index < -0.39 is 5.97 Å². The van der Waals surface area contributed by atoms with Gasteiger partial charge in [-0.1, -0.05) is 50.3 Å². The lowest BCUT2D eigenvalue weighted by atomic mass is 9.86. The number of carboxylic acid groups (broad SMARTS) is 1. The maximum atomic E-state index is 10.5.